The maximum absolute atomic E-state index is 12.6. The first-order valence-corrected chi connectivity index (χ1v) is 9.67. The molecule has 1 fully saturated rings. The molecule has 0 saturated carbocycles. The van der Waals surface area contributed by atoms with E-state index in [1.165, 1.54) is 5.56 Å². The van der Waals surface area contributed by atoms with Crippen molar-refractivity contribution >= 4 is 29.9 Å². The lowest BCUT2D eigenvalue weighted by Crippen LogP contribution is -2.34. The third kappa shape index (κ3) is 7.16. The minimum atomic E-state index is -0.219. The number of hydrogen-bond donors (Lipinski definition) is 3. The number of rotatable bonds is 8. The van der Waals surface area contributed by atoms with Crippen LogP contribution in [0, 0.1) is 6.92 Å². The van der Waals surface area contributed by atoms with Gasteiger partial charge in [0.25, 0.3) is 5.91 Å². The molecule has 1 heterocycles. The number of carbonyl (C=O) groups excluding carboxylic acids is 2. The number of aryl methyl sites for hydroxylation is 1. The van der Waals surface area contributed by atoms with Crippen molar-refractivity contribution in [1.82, 2.24) is 10.6 Å². The summed E-state index contributed by atoms with van der Waals surface area (Å²) in [4.78, 5) is 24.8. The SMILES string of the molecule is Cc1ccc(CNC(=O)c2ccccc2NC(=O)CNCC2CCCO2)cc1.Cl. The fourth-order valence-electron chi connectivity index (χ4n) is 3.12. The van der Waals surface area contributed by atoms with E-state index in [1.807, 2.05) is 31.2 Å². The van der Waals surface area contributed by atoms with Gasteiger partial charge in [-0.2, -0.15) is 0 Å². The molecule has 1 atom stereocenters. The van der Waals surface area contributed by atoms with Crippen LogP contribution in [0.15, 0.2) is 48.5 Å². The summed E-state index contributed by atoms with van der Waals surface area (Å²) in [6.07, 6.45) is 2.29. The molecule has 6 nitrogen and oxygen atoms in total. The molecular weight excluding hydrogens is 390 g/mol. The van der Waals surface area contributed by atoms with Crippen LogP contribution in [-0.2, 0) is 16.1 Å². The van der Waals surface area contributed by atoms with Crippen molar-refractivity contribution < 1.29 is 14.3 Å². The topological polar surface area (TPSA) is 79.5 Å². The van der Waals surface area contributed by atoms with Crippen molar-refractivity contribution in [3.63, 3.8) is 0 Å². The molecule has 1 aliphatic rings. The number of anilines is 1. The third-order valence-corrected chi connectivity index (χ3v) is 4.70. The molecular formula is C22H28ClN3O3. The van der Waals surface area contributed by atoms with E-state index in [1.54, 1.807) is 24.3 Å². The minimum absolute atomic E-state index is 0. The molecule has 156 valence electrons. The zero-order chi connectivity index (χ0) is 19.8. The summed E-state index contributed by atoms with van der Waals surface area (Å²) in [5, 5.41) is 8.84. The highest BCUT2D eigenvalue weighted by Gasteiger charge is 2.16. The fourth-order valence-corrected chi connectivity index (χ4v) is 3.12. The van der Waals surface area contributed by atoms with E-state index in [9.17, 15) is 9.59 Å². The van der Waals surface area contributed by atoms with E-state index < -0.39 is 0 Å². The van der Waals surface area contributed by atoms with Gasteiger partial charge in [0.05, 0.1) is 23.9 Å². The van der Waals surface area contributed by atoms with Crippen molar-refractivity contribution in [2.75, 3.05) is 25.0 Å². The summed E-state index contributed by atoms with van der Waals surface area (Å²) < 4.78 is 5.53. The molecule has 2 aromatic carbocycles. The molecule has 1 saturated heterocycles. The highest BCUT2D eigenvalue weighted by atomic mass is 35.5. The second-order valence-corrected chi connectivity index (χ2v) is 7.03. The largest absolute Gasteiger partial charge is 0.377 e. The predicted octanol–water partition coefficient (Wildman–Crippen LogP) is 3.05. The zero-order valence-electron chi connectivity index (χ0n) is 16.6. The summed E-state index contributed by atoms with van der Waals surface area (Å²) >= 11 is 0. The summed E-state index contributed by atoms with van der Waals surface area (Å²) in [6.45, 7) is 4.09. The number of halogens is 1. The molecule has 1 unspecified atom stereocenters. The monoisotopic (exact) mass is 417 g/mol. The number of amides is 2. The molecule has 0 aliphatic carbocycles. The molecule has 0 bridgehead atoms. The van der Waals surface area contributed by atoms with Crippen LogP contribution in [0.5, 0.6) is 0 Å². The number of ether oxygens (including phenoxy) is 1. The van der Waals surface area contributed by atoms with Crippen LogP contribution in [0.25, 0.3) is 0 Å². The predicted molar refractivity (Wildman–Crippen MR) is 117 cm³/mol. The van der Waals surface area contributed by atoms with Crippen LogP contribution in [-0.4, -0.2) is 37.6 Å². The Morgan fingerprint density at radius 1 is 1.10 bits per heavy atom. The van der Waals surface area contributed by atoms with E-state index in [-0.39, 0.29) is 36.9 Å². The van der Waals surface area contributed by atoms with Crippen molar-refractivity contribution in [2.24, 2.45) is 0 Å². The first-order chi connectivity index (χ1) is 13.6. The smallest absolute Gasteiger partial charge is 0.253 e. The molecule has 2 amide bonds. The number of hydrogen-bond acceptors (Lipinski definition) is 4. The second-order valence-electron chi connectivity index (χ2n) is 7.03. The lowest BCUT2D eigenvalue weighted by Gasteiger charge is -2.13. The van der Waals surface area contributed by atoms with Crippen molar-refractivity contribution in [3.8, 4) is 0 Å². The number of carbonyl (C=O) groups is 2. The average molecular weight is 418 g/mol. The van der Waals surface area contributed by atoms with Gasteiger partial charge in [0.1, 0.15) is 0 Å². The molecule has 7 heteroatoms. The first kappa shape index (κ1) is 22.9. The van der Waals surface area contributed by atoms with E-state index in [4.69, 9.17) is 4.74 Å². The summed E-state index contributed by atoms with van der Waals surface area (Å²) in [5.74, 6) is -0.402. The van der Waals surface area contributed by atoms with Gasteiger partial charge in [-0.3, -0.25) is 9.59 Å². The quantitative estimate of drug-likeness (QED) is 0.616. The Bertz CT molecular complexity index is 805. The van der Waals surface area contributed by atoms with Crippen LogP contribution < -0.4 is 16.0 Å². The second kappa shape index (κ2) is 11.6. The van der Waals surface area contributed by atoms with E-state index in [0.717, 1.165) is 25.0 Å². The lowest BCUT2D eigenvalue weighted by molar-refractivity contribution is -0.115. The number of para-hydroxylation sites is 1. The minimum Gasteiger partial charge on any atom is -0.377 e. The summed E-state index contributed by atoms with van der Waals surface area (Å²) in [5.41, 5.74) is 3.16. The standard InChI is InChI=1S/C22H27N3O3.ClH/c1-16-8-10-17(11-9-16)13-24-22(27)19-6-2-3-7-20(19)25-21(26)15-23-14-18-5-4-12-28-18;/h2-3,6-11,18,23H,4-5,12-15H2,1H3,(H,24,27)(H,25,26);1H. The Kier molecular flexibility index (Phi) is 9.12. The summed E-state index contributed by atoms with van der Waals surface area (Å²) in [7, 11) is 0. The van der Waals surface area contributed by atoms with E-state index >= 15 is 0 Å². The van der Waals surface area contributed by atoms with Crippen molar-refractivity contribution in [3.05, 3.63) is 65.2 Å². The summed E-state index contributed by atoms with van der Waals surface area (Å²) in [6, 6.07) is 15.0. The van der Waals surface area contributed by atoms with Crippen LogP contribution in [0.4, 0.5) is 5.69 Å². The lowest BCUT2D eigenvalue weighted by atomic mass is 10.1. The zero-order valence-corrected chi connectivity index (χ0v) is 17.4. The highest BCUT2D eigenvalue weighted by Crippen LogP contribution is 2.15. The van der Waals surface area contributed by atoms with Gasteiger partial charge in [-0.25, -0.2) is 0 Å². The Morgan fingerprint density at radius 3 is 2.59 bits per heavy atom. The number of benzene rings is 2. The Labute approximate surface area is 177 Å². The Balaban J connectivity index is 0.00000300. The maximum Gasteiger partial charge on any atom is 0.253 e. The van der Waals surface area contributed by atoms with Gasteiger partial charge < -0.3 is 20.7 Å². The highest BCUT2D eigenvalue weighted by molar-refractivity contribution is 6.04. The Morgan fingerprint density at radius 2 is 1.86 bits per heavy atom. The third-order valence-electron chi connectivity index (χ3n) is 4.70. The number of nitrogens with one attached hydrogen (secondary N) is 3. The van der Waals surface area contributed by atoms with Gasteiger partial charge in [0, 0.05) is 19.7 Å². The molecule has 3 rings (SSSR count). The average Bonchev–Trinajstić information content (AvgIpc) is 3.21. The molecule has 0 radical (unpaired) electrons. The first-order valence-electron chi connectivity index (χ1n) is 9.67. The van der Waals surface area contributed by atoms with Crippen LogP contribution in [0.1, 0.15) is 34.3 Å². The van der Waals surface area contributed by atoms with E-state index in [0.29, 0.717) is 24.3 Å². The molecule has 1 aliphatic heterocycles. The molecule has 2 aromatic rings. The van der Waals surface area contributed by atoms with E-state index in [2.05, 4.69) is 16.0 Å². The molecule has 3 N–H and O–H groups in total. The maximum atomic E-state index is 12.6. The molecule has 0 aromatic heterocycles. The van der Waals surface area contributed by atoms with Gasteiger partial charge in [-0.1, -0.05) is 42.0 Å². The normalized spacial score (nSPS) is 15.4. The van der Waals surface area contributed by atoms with Crippen molar-refractivity contribution in [2.45, 2.75) is 32.4 Å². The van der Waals surface area contributed by atoms with Crippen LogP contribution in [0.2, 0.25) is 0 Å². The molecule has 0 spiro atoms. The van der Waals surface area contributed by atoms with Gasteiger partial charge in [0.2, 0.25) is 5.91 Å². The van der Waals surface area contributed by atoms with Crippen LogP contribution in [0.3, 0.4) is 0 Å². The Hall–Kier alpha value is -2.41. The van der Waals surface area contributed by atoms with Gasteiger partial charge in [-0.05, 0) is 37.5 Å². The van der Waals surface area contributed by atoms with Crippen LogP contribution >= 0.6 is 12.4 Å². The van der Waals surface area contributed by atoms with Gasteiger partial charge >= 0.3 is 0 Å². The molecule has 29 heavy (non-hydrogen) atoms. The van der Waals surface area contributed by atoms with Gasteiger partial charge in [0.15, 0.2) is 0 Å². The van der Waals surface area contributed by atoms with Gasteiger partial charge in [-0.15, -0.1) is 12.4 Å². The fraction of sp³-hybridized carbons (Fsp3) is 0.364. The van der Waals surface area contributed by atoms with Crippen molar-refractivity contribution in [1.29, 1.82) is 0 Å².